The van der Waals surface area contributed by atoms with Crippen LogP contribution in [0.4, 0.5) is 16.3 Å². The van der Waals surface area contributed by atoms with Gasteiger partial charge in [0.05, 0.1) is 24.1 Å². The van der Waals surface area contributed by atoms with E-state index in [-0.39, 0.29) is 24.8 Å². The van der Waals surface area contributed by atoms with Gasteiger partial charge in [0.25, 0.3) is 5.91 Å². The van der Waals surface area contributed by atoms with Crippen molar-refractivity contribution in [2.45, 2.75) is 13.1 Å². The molecule has 34 heavy (non-hydrogen) atoms. The minimum Gasteiger partial charge on any atom is -0.465 e. The van der Waals surface area contributed by atoms with Crippen molar-refractivity contribution in [3.63, 3.8) is 0 Å². The zero-order valence-electron chi connectivity index (χ0n) is 17.9. The molecule has 10 heteroatoms. The number of benzene rings is 2. The summed E-state index contributed by atoms with van der Waals surface area (Å²) in [6.45, 7) is 0.380. The molecule has 172 valence electrons. The van der Waals surface area contributed by atoms with E-state index in [1.807, 2.05) is 6.07 Å². The SMILES string of the molecule is Nc1cn(-c2ccc(Cl)cc2)nc1NC(=O)c1ccc(CN(Cc2cccnc2)C(=O)O)cc1. The summed E-state index contributed by atoms with van der Waals surface area (Å²) in [5, 5.41) is 17.2. The maximum Gasteiger partial charge on any atom is 0.407 e. The summed E-state index contributed by atoms with van der Waals surface area (Å²) < 4.78 is 1.55. The summed E-state index contributed by atoms with van der Waals surface area (Å²) in [6.07, 6.45) is 3.82. The van der Waals surface area contributed by atoms with Gasteiger partial charge in [-0.25, -0.2) is 9.48 Å². The smallest absolute Gasteiger partial charge is 0.407 e. The highest BCUT2D eigenvalue weighted by Crippen LogP contribution is 2.21. The molecule has 0 saturated carbocycles. The minimum absolute atomic E-state index is 0.171. The Bertz CT molecular complexity index is 1290. The van der Waals surface area contributed by atoms with Crippen molar-refractivity contribution in [1.82, 2.24) is 19.7 Å². The number of nitrogen functional groups attached to an aromatic ring is 1. The number of amides is 2. The summed E-state index contributed by atoms with van der Waals surface area (Å²) in [6, 6.07) is 17.3. The number of nitrogens with two attached hydrogens (primary N) is 1. The Hall–Kier alpha value is -4.37. The van der Waals surface area contributed by atoms with Crippen molar-refractivity contribution < 1.29 is 14.7 Å². The zero-order valence-corrected chi connectivity index (χ0v) is 18.7. The first-order valence-electron chi connectivity index (χ1n) is 10.3. The van der Waals surface area contributed by atoms with E-state index < -0.39 is 6.09 Å². The number of hydrogen-bond acceptors (Lipinski definition) is 5. The average molecular weight is 477 g/mol. The van der Waals surface area contributed by atoms with Crippen LogP contribution >= 0.6 is 11.6 Å². The molecule has 4 aromatic rings. The van der Waals surface area contributed by atoms with Gasteiger partial charge in [-0.3, -0.25) is 14.7 Å². The molecule has 0 atom stereocenters. The van der Waals surface area contributed by atoms with Gasteiger partial charge in [0.15, 0.2) is 5.82 Å². The molecule has 0 saturated heterocycles. The molecule has 2 heterocycles. The molecular formula is C24H21ClN6O3. The third-order valence-corrected chi connectivity index (χ3v) is 5.27. The summed E-state index contributed by atoms with van der Waals surface area (Å²) >= 11 is 5.92. The number of carbonyl (C=O) groups excluding carboxylic acids is 1. The number of carbonyl (C=O) groups is 2. The van der Waals surface area contributed by atoms with Gasteiger partial charge in [-0.15, -0.1) is 5.10 Å². The minimum atomic E-state index is -1.04. The Balaban J connectivity index is 1.42. The molecule has 0 aliphatic heterocycles. The molecule has 0 aliphatic rings. The molecule has 4 rings (SSSR count). The highest BCUT2D eigenvalue weighted by molar-refractivity contribution is 6.30. The molecule has 0 spiro atoms. The van der Waals surface area contributed by atoms with Crippen LogP contribution in [-0.2, 0) is 13.1 Å². The largest absolute Gasteiger partial charge is 0.465 e. The number of anilines is 2. The van der Waals surface area contributed by atoms with Gasteiger partial charge in [-0.05, 0) is 53.6 Å². The standard InChI is InChI=1S/C24H21ClN6O3/c25-19-7-9-20(10-8-19)31-15-21(26)22(29-31)28-23(32)18-5-3-16(4-6-18)13-30(24(33)34)14-17-2-1-11-27-12-17/h1-12,15H,13-14,26H2,(H,33,34)(H,28,29,32). The fraction of sp³-hybridized carbons (Fsp3) is 0.0833. The van der Waals surface area contributed by atoms with Gasteiger partial charge in [0.2, 0.25) is 0 Å². The lowest BCUT2D eigenvalue weighted by Gasteiger charge is -2.19. The van der Waals surface area contributed by atoms with E-state index in [1.165, 1.54) is 4.90 Å². The molecule has 0 bridgehead atoms. The van der Waals surface area contributed by atoms with E-state index in [0.29, 0.717) is 16.3 Å². The second kappa shape index (κ2) is 10.1. The van der Waals surface area contributed by atoms with Crippen molar-refractivity contribution in [3.05, 3.63) is 101 Å². The molecule has 0 fully saturated rings. The van der Waals surface area contributed by atoms with Gasteiger partial charge in [-0.2, -0.15) is 0 Å². The Morgan fingerprint density at radius 2 is 1.74 bits per heavy atom. The zero-order chi connectivity index (χ0) is 24.1. The molecule has 2 aromatic heterocycles. The third kappa shape index (κ3) is 5.51. The van der Waals surface area contributed by atoms with Crippen molar-refractivity contribution >= 4 is 35.1 Å². The summed E-state index contributed by atoms with van der Waals surface area (Å²) in [7, 11) is 0. The Morgan fingerprint density at radius 3 is 2.38 bits per heavy atom. The van der Waals surface area contributed by atoms with E-state index >= 15 is 0 Å². The number of nitrogens with zero attached hydrogens (tertiary/aromatic N) is 4. The number of hydrogen-bond donors (Lipinski definition) is 3. The number of carboxylic acid groups (broad SMARTS) is 1. The second-order valence-electron chi connectivity index (χ2n) is 7.50. The van der Waals surface area contributed by atoms with Crippen molar-refractivity contribution in [2.24, 2.45) is 0 Å². The quantitative estimate of drug-likeness (QED) is 0.362. The Labute approximate surface area is 200 Å². The second-order valence-corrected chi connectivity index (χ2v) is 7.94. The third-order valence-electron chi connectivity index (χ3n) is 5.02. The molecular weight excluding hydrogens is 456 g/mol. The van der Waals surface area contributed by atoms with Crippen LogP contribution in [0.2, 0.25) is 5.02 Å². The van der Waals surface area contributed by atoms with Crippen LogP contribution < -0.4 is 11.1 Å². The van der Waals surface area contributed by atoms with Crippen LogP contribution in [0.5, 0.6) is 0 Å². The van der Waals surface area contributed by atoms with Crippen LogP contribution in [0.3, 0.4) is 0 Å². The Kier molecular flexibility index (Phi) is 6.74. The molecule has 2 aromatic carbocycles. The summed E-state index contributed by atoms with van der Waals surface area (Å²) in [5.74, 6) is -0.150. The van der Waals surface area contributed by atoms with Gasteiger partial charge >= 0.3 is 6.09 Å². The van der Waals surface area contributed by atoms with E-state index in [0.717, 1.165) is 16.8 Å². The first-order valence-corrected chi connectivity index (χ1v) is 10.6. The van der Waals surface area contributed by atoms with Crippen LogP contribution in [0.25, 0.3) is 5.69 Å². The highest BCUT2D eigenvalue weighted by Gasteiger charge is 2.15. The van der Waals surface area contributed by atoms with Crippen molar-refractivity contribution in [2.75, 3.05) is 11.1 Å². The average Bonchev–Trinajstić information content (AvgIpc) is 3.20. The number of nitrogens with one attached hydrogen (secondary N) is 1. The molecule has 0 radical (unpaired) electrons. The van der Waals surface area contributed by atoms with Crippen LogP contribution in [0.15, 0.2) is 79.3 Å². The van der Waals surface area contributed by atoms with Gasteiger partial charge in [-0.1, -0.05) is 29.8 Å². The number of rotatable bonds is 7. The summed E-state index contributed by atoms with van der Waals surface area (Å²) in [5.41, 5.74) is 8.99. The Morgan fingerprint density at radius 1 is 1.03 bits per heavy atom. The van der Waals surface area contributed by atoms with Crippen LogP contribution in [0.1, 0.15) is 21.5 Å². The van der Waals surface area contributed by atoms with E-state index in [2.05, 4.69) is 15.4 Å². The van der Waals surface area contributed by atoms with Gasteiger partial charge < -0.3 is 16.2 Å². The maximum atomic E-state index is 12.7. The monoisotopic (exact) mass is 476 g/mol. The number of aromatic nitrogens is 3. The first-order chi connectivity index (χ1) is 16.4. The summed E-state index contributed by atoms with van der Waals surface area (Å²) in [4.78, 5) is 29.6. The van der Waals surface area contributed by atoms with E-state index in [4.69, 9.17) is 17.3 Å². The lowest BCUT2D eigenvalue weighted by atomic mass is 10.1. The number of pyridine rings is 1. The molecule has 0 unspecified atom stereocenters. The fourth-order valence-corrected chi connectivity index (χ4v) is 3.40. The van der Waals surface area contributed by atoms with Crippen LogP contribution in [0, 0.1) is 0 Å². The maximum absolute atomic E-state index is 12.7. The fourth-order valence-electron chi connectivity index (χ4n) is 3.28. The van der Waals surface area contributed by atoms with Gasteiger partial charge in [0.1, 0.15) is 0 Å². The topological polar surface area (TPSA) is 126 Å². The predicted octanol–water partition coefficient (Wildman–Crippen LogP) is 4.44. The molecule has 2 amide bonds. The lowest BCUT2D eigenvalue weighted by Crippen LogP contribution is -2.28. The van der Waals surface area contributed by atoms with E-state index in [1.54, 1.807) is 77.9 Å². The predicted molar refractivity (Wildman–Crippen MR) is 129 cm³/mol. The molecule has 0 aliphatic carbocycles. The van der Waals surface area contributed by atoms with Crippen molar-refractivity contribution in [1.29, 1.82) is 0 Å². The normalized spacial score (nSPS) is 10.6. The van der Waals surface area contributed by atoms with Crippen molar-refractivity contribution in [3.8, 4) is 5.69 Å². The van der Waals surface area contributed by atoms with E-state index in [9.17, 15) is 14.7 Å². The molecule has 4 N–H and O–H groups in total. The van der Waals surface area contributed by atoms with Crippen LogP contribution in [-0.4, -0.2) is 36.8 Å². The first kappa shape index (κ1) is 22.8. The van der Waals surface area contributed by atoms with Gasteiger partial charge in [0, 0.05) is 29.5 Å². The molecule has 9 nitrogen and oxygen atoms in total. The highest BCUT2D eigenvalue weighted by atomic mass is 35.5. The lowest BCUT2D eigenvalue weighted by molar-refractivity contribution is 0.102. The number of halogens is 1.